The molecule has 0 radical (unpaired) electrons. The SMILES string of the molecule is CC(C)(C)NC(=O)c1cc(NC(=O)Nc2ccccc2O)ccn1.COc1ccccc1NC(=O)Nc1ccnc(C(=O)NC(C)(C)C)c1. The number of hydrogen-bond acceptors (Lipinski definition) is 8. The van der Waals surface area contributed by atoms with Crippen LogP contribution < -0.4 is 36.6 Å². The number of hydrogen-bond donors (Lipinski definition) is 7. The molecule has 258 valence electrons. The molecule has 0 aliphatic rings. The molecular formula is C35H42N8O6. The number of ether oxygens (including phenoxy) is 1. The molecular weight excluding hydrogens is 628 g/mol. The van der Waals surface area contributed by atoms with Crippen molar-refractivity contribution in [3.8, 4) is 11.5 Å². The number of nitrogens with one attached hydrogen (secondary N) is 6. The summed E-state index contributed by atoms with van der Waals surface area (Å²) >= 11 is 0. The standard InChI is InChI=1S/C18H22N4O3.C17H20N4O3/c1-18(2,3)22-16(23)14-11-12(9-10-19-14)20-17(24)21-13-7-5-6-8-15(13)25-4;1-17(2,3)21-15(23)13-10-11(8-9-18-13)19-16(24)20-12-6-4-5-7-14(12)22/h5-11H,1-4H3,(H,22,23)(H2,19,20,21,24);4-10,22H,1-3H3,(H,21,23)(H2,18,19,20,24). The maximum Gasteiger partial charge on any atom is 0.323 e. The summed E-state index contributed by atoms with van der Waals surface area (Å²) < 4.78 is 5.19. The number of nitrogens with zero attached hydrogens (tertiary/aromatic N) is 2. The number of para-hydroxylation sites is 4. The summed E-state index contributed by atoms with van der Waals surface area (Å²) in [4.78, 5) is 56.4. The highest BCUT2D eigenvalue weighted by Crippen LogP contribution is 2.24. The summed E-state index contributed by atoms with van der Waals surface area (Å²) in [6.07, 6.45) is 2.91. The summed E-state index contributed by atoms with van der Waals surface area (Å²) in [7, 11) is 1.53. The maximum atomic E-state index is 12.2. The van der Waals surface area contributed by atoms with Crippen molar-refractivity contribution in [3.63, 3.8) is 0 Å². The summed E-state index contributed by atoms with van der Waals surface area (Å²) in [6.45, 7) is 11.3. The van der Waals surface area contributed by atoms with Gasteiger partial charge in [-0.05, 0) is 90.1 Å². The Balaban J connectivity index is 0.000000266. The van der Waals surface area contributed by atoms with Crippen molar-refractivity contribution in [2.24, 2.45) is 0 Å². The molecule has 4 rings (SSSR count). The average molecular weight is 671 g/mol. The van der Waals surface area contributed by atoms with Crippen LogP contribution >= 0.6 is 0 Å². The molecule has 49 heavy (non-hydrogen) atoms. The van der Waals surface area contributed by atoms with Crippen molar-refractivity contribution in [1.82, 2.24) is 20.6 Å². The first-order valence-corrected chi connectivity index (χ1v) is 15.2. The van der Waals surface area contributed by atoms with Gasteiger partial charge in [-0.1, -0.05) is 24.3 Å². The van der Waals surface area contributed by atoms with Crippen molar-refractivity contribution in [2.75, 3.05) is 28.4 Å². The predicted molar refractivity (Wildman–Crippen MR) is 189 cm³/mol. The number of phenolic OH excluding ortho intramolecular Hbond substituents is 1. The second kappa shape index (κ2) is 16.6. The van der Waals surface area contributed by atoms with E-state index in [0.29, 0.717) is 22.8 Å². The molecule has 14 nitrogen and oxygen atoms in total. The van der Waals surface area contributed by atoms with Crippen LogP contribution in [-0.2, 0) is 0 Å². The Kier molecular flexibility index (Phi) is 12.6. The van der Waals surface area contributed by atoms with E-state index in [1.165, 1.54) is 37.7 Å². The molecule has 4 aromatic rings. The largest absolute Gasteiger partial charge is 0.506 e. The number of urea groups is 2. The number of rotatable bonds is 7. The fraction of sp³-hybridized carbons (Fsp3) is 0.257. The molecule has 0 aliphatic heterocycles. The van der Waals surface area contributed by atoms with Crippen LogP contribution in [0.1, 0.15) is 62.5 Å². The number of carbonyl (C=O) groups excluding carboxylic acids is 4. The van der Waals surface area contributed by atoms with Crippen LogP contribution in [0.3, 0.4) is 0 Å². The van der Waals surface area contributed by atoms with E-state index in [1.54, 1.807) is 48.5 Å². The number of carbonyl (C=O) groups is 4. The Morgan fingerprint density at radius 1 is 0.612 bits per heavy atom. The fourth-order valence-corrected chi connectivity index (χ4v) is 3.97. The van der Waals surface area contributed by atoms with E-state index in [1.807, 2.05) is 47.6 Å². The van der Waals surface area contributed by atoms with Gasteiger partial charge in [-0.25, -0.2) is 9.59 Å². The third-order valence-electron chi connectivity index (χ3n) is 5.99. The lowest BCUT2D eigenvalue weighted by atomic mass is 10.1. The first kappa shape index (κ1) is 37.3. The van der Waals surface area contributed by atoms with Crippen molar-refractivity contribution in [2.45, 2.75) is 52.6 Å². The third kappa shape index (κ3) is 12.9. The monoisotopic (exact) mass is 670 g/mol. The van der Waals surface area contributed by atoms with E-state index in [0.717, 1.165) is 0 Å². The molecule has 0 saturated carbocycles. The van der Waals surface area contributed by atoms with Crippen molar-refractivity contribution in [3.05, 3.63) is 96.6 Å². The number of pyridine rings is 2. The second-order valence-corrected chi connectivity index (χ2v) is 12.6. The highest BCUT2D eigenvalue weighted by atomic mass is 16.5. The van der Waals surface area contributed by atoms with Gasteiger partial charge in [0.15, 0.2) is 0 Å². The molecule has 2 aromatic carbocycles. The van der Waals surface area contributed by atoms with Crippen LogP contribution in [0.15, 0.2) is 85.2 Å². The first-order valence-electron chi connectivity index (χ1n) is 15.2. The van der Waals surface area contributed by atoms with Crippen LogP contribution in [0.2, 0.25) is 0 Å². The van der Waals surface area contributed by atoms with Gasteiger partial charge in [-0.3, -0.25) is 19.6 Å². The number of aromatic nitrogens is 2. The number of aromatic hydroxyl groups is 1. The maximum absolute atomic E-state index is 12.2. The lowest BCUT2D eigenvalue weighted by molar-refractivity contribution is 0.0905. The van der Waals surface area contributed by atoms with Crippen LogP contribution in [0.25, 0.3) is 0 Å². The Hall–Kier alpha value is -6.18. The summed E-state index contributed by atoms with van der Waals surface area (Å²) in [5.41, 5.74) is 1.37. The number of methoxy groups -OCH3 is 1. The average Bonchev–Trinajstić information content (AvgIpc) is 3.01. The molecule has 0 spiro atoms. The van der Waals surface area contributed by atoms with Gasteiger partial charge in [0.25, 0.3) is 11.8 Å². The Morgan fingerprint density at radius 3 is 1.49 bits per heavy atom. The minimum atomic E-state index is -0.537. The number of phenols is 1. The summed E-state index contributed by atoms with van der Waals surface area (Å²) in [6, 6.07) is 18.7. The zero-order chi connectivity index (χ0) is 36.2. The van der Waals surface area contributed by atoms with Gasteiger partial charge in [0.1, 0.15) is 22.9 Å². The Labute approximate surface area is 285 Å². The zero-order valence-corrected chi connectivity index (χ0v) is 28.5. The lowest BCUT2D eigenvalue weighted by Crippen LogP contribution is -2.41. The van der Waals surface area contributed by atoms with Crippen molar-refractivity contribution in [1.29, 1.82) is 0 Å². The highest BCUT2D eigenvalue weighted by Gasteiger charge is 2.18. The molecule has 2 aromatic heterocycles. The first-order chi connectivity index (χ1) is 23.0. The molecule has 0 fully saturated rings. The number of amides is 6. The van der Waals surface area contributed by atoms with Crippen LogP contribution in [-0.4, -0.2) is 57.1 Å². The molecule has 6 amide bonds. The van der Waals surface area contributed by atoms with E-state index >= 15 is 0 Å². The third-order valence-corrected chi connectivity index (χ3v) is 5.99. The topological polar surface area (TPSA) is 196 Å². The van der Waals surface area contributed by atoms with Gasteiger partial charge >= 0.3 is 12.1 Å². The van der Waals surface area contributed by atoms with E-state index in [2.05, 4.69) is 41.9 Å². The number of anilines is 4. The predicted octanol–water partition coefficient (Wildman–Crippen LogP) is 6.22. The van der Waals surface area contributed by atoms with Crippen LogP contribution in [0, 0.1) is 0 Å². The summed E-state index contributed by atoms with van der Waals surface area (Å²) in [5, 5.41) is 25.8. The highest BCUT2D eigenvalue weighted by molar-refractivity contribution is 6.02. The van der Waals surface area contributed by atoms with Gasteiger partial charge in [0.2, 0.25) is 0 Å². The van der Waals surface area contributed by atoms with E-state index in [9.17, 15) is 24.3 Å². The van der Waals surface area contributed by atoms with Crippen molar-refractivity contribution < 1.29 is 29.0 Å². The minimum Gasteiger partial charge on any atom is -0.506 e. The zero-order valence-electron chi connectivity index (χ0n) is 28.5. The lowest BCUT2D eigenvalue weighted by Gasteiger charge is -2.20. The van der Waals surface area contributed by atoms with Crippen LogP contribution in [0.5, 0.6) is 11.5 Å². The van der Waals surface area contributed by atoms with Gasteiger partial charge < -0.3 is 41.7 Å². The number of benzene rings is 2. The van der Waals surface area contributed by atoms with E-state index < -0.39 is 12.1 Å². The molecule has 0 unspecified atom stereocenters. The quantitative estimate of drug-likeness (QED) is 0.113. The van der Waals surface area contributed by atoms with Gasteiger partial charge in [-0.2, -0.15) is 0 Å². The normalized spacial score (nSPS) is 10.8. The summed E-state index contributed by atoms with van der Waals surface area (Å²) in [5.74, 6) is -0.112. The Bertz CT molecular complexity index is 1780. The smallest absolute Gasteiger partial charge is 0.323 e. The van der Waals surface area contributed by atoms with E-state index in [-0.39, 0.29) is 45.7 Å². The molecule has 2 heterocycles. The Morgan fingerprint density at radius 2 is 1.04 bits per heavy atom. The molecule has 7 N–H and O–H groups in total. The molecule has 0 atom stereocenters. The fourth-order valence-electron chi connectivity index (χ4n) is 3.97. The van der Waals surface area contributed by atoms with Crippen LogP contribution in [0.4, 0.5) is 32.3 Å². The van der Waals surface area contributed by atoms with Gasteiger partial charge in [0, 0.05) is 34.8 Å². The molecule has 0 aliphatic carbocycles. The van der Waals surface area contributed by atoms with Gasteiger partial charge in [0.05, 0.1) is 18.5 Å². The van der Waals surface area contributed by atoms with Crippen molar-refractivity contribution >= 4 is 46.6 Å². The van der Waals surface area contributed by atoms with E-state index in [4.69, 9.17) is 4.74 Å². The second-order valence-electron chi connectivity index (χ2n) is 12.6. The molecule has 0 bridgehead atoms. The molecule has 0 saturated heterocycles. The van der Waals surface area contributed by atoms with Gasteiger partial charge in [-0.15, -0.1) is 0 Å². The molecule has 14 heteroatoms. The minimum absolute atomic E-state index is 0.0346.